The van der Waals surface area contributed by atoms with E-state index in [2.05, 4.69) is 27.3 Å². The fraction of sp³-hybridized carbons (Fsp3) is 0.714. The van der Waals surface area contributed by atoms with Gasteiger partial charge in [0, 0.05) is 11.8 Å². The molecule has 1 saturated heterocycles. The number of aromatic nitrogens is 2. The Bertz CT molecular complexity index is 219. The predicted molar refractivity (Wildman–Crippen MR) is 53.9 cm³/mol. The first-order chi connectivity index (χ1) is 5.95. The largest absolute Gasteiger partial charge is 0.359 e. The minimum absolute atomic E-state index is 0.786. The van der Waals surface area contributed by atoms with Gasteiger partial charge in [-0.15, -0.1) is 10.2 Å². The van der Waals surface area contributed by atoms with E-state index in [1.807, 2.05) is 0 Å². The molecule has 0 bridgehead atoms. The molecule has 66 valence electrons. The van der Waals surface area contributed by atoms with Crippen LogP contribution in [0.3, 0.4) is 0 Å². The van der Waals surface area contributed by atoms with Crippen molar-refractivity contribution in [1.82, 2.24) is 10.2 Å². The first-order valence-electron chi connectivity index (χ1n) is 4.07. The van der Waals surface area contributed by atoms with Gasteiger partial charge in [0.25, 0.3) is 0 Å². The SMILES string of the molecule is c1nnc(NCC2CCCS2)s1. The van der Waals surface area contributed by atoms with Crippen molar-refractivity contribution in [3.05, 3.63) is 5.51 Å². The lowest BCUT2D eigenvalue weighted by Crippen LogP contribution is -2.13. The molecule has 1 atom stereocenters. The maximum atomic E-state index is 3.93. The molecule has 3 nitrogen and oxygen atoms in total. The second-order valence-electron chi connectivity index (χ2n) is 2.76. The van der Waals surface area contributed by atoms with E-state index in [0.717, 1.165) is 16.9 Å². The molecule has 2 heterocycles. The average molecular weight is 201 g/mol. The zero-order valence-electron chi connectivity index (χ0n) is 6.69. The highest BCUT2D eigenvalue weighted by atomic mass is 32.2. The highest BCUT2D eigenvalue weighted by Gasteiger charge is 2.15. The summed E-state index contributed by atoms with van der Waals surface area (Å²) in [6.45, 7) is 1.04. The van der Waals surface area contributed by atoms with Crippen molar-refractivity contribution in [2.75, 3.05) is 17.6 Å². The number of hydrogen-bond acceptors (Lipinski definition) is 5. The summed E-state index contributed by atoms with van der Waals surface area (Å²) >= 11 is 3.62. The third kappa shape index (κ3) is 2.10. The normalized spacial score (nSPS) is 22.8. The molecule has 0 radical (unpaired) electrons. The van der Waals surface area contributed by atoms with Crippen LogP contribution in [0, 0.1) is 0 Å². The van der Waals surface area contributed by atoms with E-state index in [1.165, 1.54) is 18.6 Å². The van der Waals surface area contributed by atoms with Crippen LogP contribution in [0.25, 0.3) is 0 Å². The van der Waals surface area contributed by atoms with Gasteiger partial charge in [-0.1, -0.05) is 11.3 Å². The average Bonchev–Trinajstić information content (AvgIpc) is 2.74. The molecule has 12 heavy (non-hydrogen) atoms. The molecule has 1 fully saturated rings. The molecule has 2 rings (SSSR count). The number of nitrogens with one attached hydrogen (secondary N) is 1. The lowest BCUT2D eigenvalue weighted by Gasteiger charge is -2.07. The van der Waals surface area contributed by atoms with Gasteiger partial charge in [-0.3, -0.25) is 0 Å². The lowest BCUT2D eigenvalue weighted by molar-refractivity contribution is 0.804. The van der Waals surface area contributed by atoms with Crippen molar-refractivity contribution in [2.45, 2.75) is 18.1 Å². The fourth-order valence-corrected chi connectivity index (χ4v) is 2.91. The summed E-state index contributed by atoms with van der Waals surface area (Å²) in [6.07, 6.45) is 2.71. The Morgan fingerprint density at radius 1 is 1.67 bits per heavy atom. The van der Waals surface area contributed by atoms with E-state index in [-0.39, 0.29) is 0 Å². The van der Waals surface area contributed by atoms with Gasteiger partial charge in [0.2, 0.25) is 5.13 Å². The number of rotatable bonds is 3. The van der Waals surface area contributed by atoms with Gasteiger partial charge in [0.05, 0.1) is 0 Å². The smallest absolute Gasteiger partial charge is 0.205 e. The van der Waals surface area contributed by atoms with Crippen molar-refractivity contribution in [1.29, 1.82) is 0 Å². The summed E-state index contributed by atoms with van der Waals surface area (Å²) in [4.78, 5) is 0. The van der Waals surface area contributed by atoms with Crippen molar-refractivity contribution < 1.29 is 0 Å². The van der Waals surface area contributed by atoms with E-state index in [0.29, 0.717) is 0 Å². The molecular formula is C7H11N3S2. The van der Waals surface area contributed by atoms with E-state index in [1.54, 1.807) is 16.8 Å². The maximum absolute atomic E-state index is 3.93. The Balaban J connectivity index is 1.74. The van der Waals surface area contributed by atoms with Crippen LogP contribution in [0.1, 0.15) is 12.8 Å². The van der Waals surface area contributed by atoms with Gasteiger partial charge in [-0.05, 0) is 18.6 Å². The Morgan fingerprint density at radius 2 is 2.67 bits per heavy atom. The molecule has 0 saturated carbocycles. The summed E-state index contributed by atoms with van der Waals surface area (Å²) in [6, 6.07) is 0. The quantitative estimate of drug-likeness (QED) is 0.810. The summed E-state index contributed by atoms with van der Waals surface area (Å²) in [7, 11) is 0. The molecule has 1 aliphatic rings. The van der Waals surface area contributed by atoms with Crippen LogP contribution in [-0.2, 0) is 0 Å². The Hall–Kier alpha value is -0.290. The summed E-state index contributed by atoms with van der Waals surface area (Å²) in [5, 5.41) is 12.7. The first-order valence-corrected chi connectivity index (χ1v) is 5.99. The molecule has 1 unspecified atom stereocenters. The van der Waals surface area contributed by atoms with Crippen LogP contribution >= 0.6 is 23.1 Å². The van der Waals surface area contributed by atoms with Gasteiger partial charge < -0.3 is 5.32 Å². The van der Waals surface area contributed by atoms with Crippen LogP contribution in [-0.4, -0.2) is 27.7 Å². The molecule has 1 aliphatic heterocycles. The van der Waals surface area contributed by atoms with E-state index >= 15 is 0 Å². The van der Waals surface area contributed by atoms with E-state index in [9.17, 15) is 0 Å². The topological polar surface area (TPSA) is 37.8 Å². The molecule has 0 aliphatic carbocycles. The first kappa shape index (κ1) is 8.31. The van der Waals surface area contributed by atoms with Gasteiger partial charge in [0.15, 0.2) is 0 Å². The van der Waals surface area contributed by atoms with Crippen LogP contribution in [0.15, 0.2) is 5.51 Å². The number of hydrogen-bond donors (Lipinski definition) is 1. The fourth-order valence-electron chi connectivity index (χ4n) is 1.26. The number of thioether (sulfide) groups is 1. The molecule has 0 spiro atoms. The second kappa shape index (κ2) is 4.09. The van der Waals surface area contributed by atoms with Crippen molar-refractivity contribution in [2.24, 2.45) is 0 Å². The third-order valence-electron chi connectivity index (χ3n) is 1.86. The van der Waals surface area contributed by atoms with Crippen molar-refractivity contribution >= 4 is 28.2 Å². The lowest BCUT2D eigenvalue weighted by atomic mass is 10.2. The Labute approximate surface area is 80.0 Å². The van der Waals surface area contributed by atoms with Crippen LogP contribution < -0.4 is 5.32 Å². The van der Waals surface area contributed by atoms with Crippen LogP contribution in [0.2, 0.25) is 0 Å². The molecule has 1 aromatic heterocycles. The van der Waals surface area contributed by atoms with Crippen molar-refractivity contribution in [3.63, 3.8) is 0 Å². The predicted octanol–water partition coefficient (Wildman–Crippen LogP) is 1.85. The van der Waals surface area contributed by atoms with Crippen LogP contribution in [0.4, 0.5) is 5.13 Å². The van der Waals surface area contributed by atoms with Gasteiger partial charge in [-0.2, -0.15) is 11.8 Å². The van der Waals surface area contributed by atoms with Crippen LogP contribution in [0.5, 0.6) is 0 Å². The number of nitrogens with zero attached hydrogens (tertiary/aromatic N) is 2. The minimum Gasteiger partial charge on any atom is -0.359 e. The molecule has 0 amide bonds. The highest BCUT2D eigenvalue weighted by Crippen LogP contribution is 2.26. The maximum Gasteiger partial charge on any atom is 0.205 e. The molecule has 1 N–H and O–H groups in total. The standard InChI is InChI=1S/C7H11N3S2/c1-2-6(11-3-1)4-8-7-10-9-5-12-7/h5-6H,1-4H2,(H,8,10). The summed E-state index contributed by atoms with van der Waals surface area (Å²) < 4.78 is 0. The highest BCUT2D eigenvalue weighted by molar-refractivity contribution is 8.00. The molecule has 5 heteroatoms. The minimum atomic E-state index is 0.786. The number of anilines is 1. The molecule has 0 aromatic carbocycles. The Morgan fingerprint density at radius 3 is 3.33 bits per heavy atom. The monoisotopic (exact) mass is 201 g/mol. The second-order valence-corrected chi connectivity index (χ2v) is 5.00. The summed E-state index contributed by atoms with van der Waals surface area (Å²) in [5.74, 6) is 1.32. The summed E-state index contributed by atoms with van der Waals surface area (Å²) in [5.41, 5.74) is 1.75. The van der Waals surface area contributed by atoms with E-state index < -0.39 is 0 Å². The molecule has 1 aromatic rings. The zero-order chi connectivity index (χ0) is 8.23. The van der Waals surface area contributed by atoms with Gasteiger partial charge >= 0.3 is 0 Å². The van der Waals surface area contributed by atoms with Gasteiger partial charge in [0.1, 0.15) is 5.51 Å². The molecular weight excluding hydrogens is 190 g/mol. The van der Waals surface area contributed by atoms with Gasteiger partial charge in [-0.25, -0.2) is 0 Å². The van der Waals surface area contributed by atoms with E-state index in [4.69, 9.17) is 0 Å². The van der Waals surface area contributed by atoms with Crippen molar-refractivity contribution in [3.8, 4) is 0 Å². The Kier molecular flexibility index (Phi) is 2.83. The zero-order valence-corrected chi connectivity index (χ0v) is 8.33. The third-order valence-corrected chi connectivity index (χ3v) is 3.91.